The lowest BCUT2D eigenvalue weighted by Gasteiger charge is -2.34. The molecule has 1 fully saturated rings. The first-order valence-corrected chi connectivity index (χ1v) is 13.5. The van der Waals surface area contributed by atoms with Crippen molar-refractivity contribution in [3.63, 3.8) is 0 Å². The molecule has 1 saturated heterocycles. The summed E-state index contributed by atoms with van der Waals surface area (Å²) in [4.78, 5) is 38.3. The molecule has 4 heterocycles. The molecule has 0 saturated carbocycles. The number of hydrogen-bond acceptors (Lipinski definition) is 8. The van der Waals surface area contributed by atoms with Gasteiger partial charge in [-0.2, -0.15) is 0 Å². The van der Waals surface area contributed by atoms with Gasteiger partial charge in [-0.3, -0.25) is 9.59 Å². The predicted octanol–water partition coefficient (Wildman–Crippen LogP) is 3.36. The van der Waals surface area contributed by atoms with E-state index in [2.05, 4.69) is 30.7 Å². The van der Waals surface area contributed by atoms with E-state index >= 15 is 0 Å². The Hall–Kier alpha value is -3.73. The van der Waals surface area contributed by atoms with Crippen LogP contribution in [-0.4, -0.2) is 47.5 Å². The first-order chi connectivity index (χ1) is 17.4. The van der Waals surface area contributed by atoms with Gasteiger partial charge in [-0.1, -0.05) is 6.92 Å². The molecular formula is C26H31N5O5S. The first-order valence-electron chi connectivity index (χ1n) is 12.0. The number of aromatic amines is 1. The summed E-state index contributed by atoms with van der Waals surface area (Å²) in [5.74, 6) is 0.332. The summed E-state index contributed by atoms with van der Waals surface area (Å²) in [7, 11) is -4.41. The number of nitrogens with zero attached hydrogens (tertiary/aromatic N) is 3. The number of ether oxygens (including phenoxy) is 1. The Morgan fingerprint density at radius 1 is 1.22 bits per heavy atom. The van der Waals surface area contributed by atoms with Crippen molar-refractivity contribution in [3.8, 4) is 17.1 Å². The maximum absolute atomic E-state index is 13.3. The Labute approximate surface area is 216 Å². The quantitative estimate of drug-likeness (QED) is 0.480. The second kappa shape index (κ2) is 9.97. The normalized spacial score (nSPS) is 17.1. The molecule has 0 bridgehead atoms. The molecule has 1 amide bonds. The first kappa shape index (κ1) is 26.3. The van der Waals surface area contributed by atoms with E-state index in [0.717, 1.165) is 18.1 Å². The zero-order valence-electron chi connectivity index (χ0n) is 21.5. The SMILES string of the molecule is CC(C)Oc1ccc(-c2ccc(C(=O)NS(=O)(=O)c3ccc[nH]c3=O)c(N3C[C@H](C)CC3(C)C)n2)cn1. The standard InChI is InChI=1S/C26H31N5O5S/c1-16(2)36-22-11-8-18(14-28-22)20-10-9-19(23(29-20)31-15-17(3)13-26(31,4)5)24(32)30-37(34,35)21-7-6-12-27-25(21)33/h6-12,14,16-17H,13,15H2,1-5H3,(H,27,33)(H,30,32)/t17-/m1/s1. The summed E-state index contributed by atoms with van der Waals surface area (Å²) in [6, 6.07) is 9.30. The molecule has 1 atom stereocenters. The highest BCUT2D eigenvalue weighted by Crippen LogP contribution is 2.38. The number of anilines is 1. The molecule has 4 rings (SSSR count). The third kappa shape index (κ3) is 5.66. The number of H-pyrrole nitrogens is 1. The predicted molar refractivity (Wildman–Crippen MR) is 140 cm³/mol. The maximum atomic E-state index is 13.3. The van der Waals surface area contributed by atoms with Crippen molar-refractivity contribution in [1.82, 2.24) is 19.7 Å². The van der Waals surface area contributed by atoms with E-state index in [4.69, 9.17) is 9.72 Å². The van der Waals surface area contributed by atoms with Crippen LogP contribution in [0.25, 0.3) is 11.3 Å². The molecule has 0 spiro atoms. The van der Waals surface area contributed by atoms with E-state index in [1.165, 1.54) is 12.3 Å². The van der Waals surface area contributed by atoms with Crippen LogP contribution in [0.5, 0.6) is 5.88 Å². The number of nitrogens with one attached hydrogen (secondary N) is 2. The van der Waals surface area contributed by atoms with Gasteiger partial charge in [-0.05, 0) is 70.4 Å². The van der Waals surface area contributed by atoms with Crippen molar-refractivity contribution in [1.29, 1.82) is 0 Å². The number of carbonyl (C=O) groups excluding carboxylic acids is 1. The lowest BCUT2D eigenvalue weighted by atomic mass is 9.97. The second-order valence-corrected chi connectivity index (χ2v) is 11.8. The Kier molecular flexibility index (Phi) is 7.09. The number of carbonyl (C=O) groups is 1. The molecule has 1 aliphatic heterocycles. The van der Waals surface area contributed by atoms with Gasteiger partial charge in [0.05, 0.1) is 17.4 Å². The van der Waals surface area contributed by atoms with E-state index in [1.54, 1.807) is 24.4 Å². The minimum atomic E-state index is -4.41. The fourth-order valence-corrected chi connectivity index (χ4v) is 5.67. The van der Waals surface area contributed by atoms with Gasteiger partial charge in [-0.15, -0.1) is 0 Å². The van der Waals surface area contributed by atoms with Crippen molar-refractivity contribution in [2.45, 2.75) is 57.6 Å². The van der Waals surface area contributed by atoms with Crippen LogP contribution in [0.1, 0.15) is 51.4 Å². The van der Waals surface area contributed by atoms with Gasteiger partial charge in [0.15, 0.2) is 4.90 Å². The van der Waals surface area contributed by atoms with E-state index in [1.807, 2.05) is 29.5 Å². The van der Waals surface area contributed by atoms with Crippen LogP contribution >= 0.6 is 0 Å². The lowest BCUT2D eigenvalue weighted by Crippen LogP contribution is -2.41. The molecule has 0 radical (unpaired) electrons. The number of rotatable bonds is 7. The third-order valence-corrected chi connectivity index (χ3v) is 7.49. The van der Waals surface area contributed by atoms with E-state index < -0.39 is 26.4 Å². The number of hydrogen-bond donors (Lipinski definition) is 2. The molecule has 0 unspecified atom stereocenters. The summed E-state index contributed by atoms with van der Waals surface area (Å²) >= 11 is 0. The van der Waals surface area contributed by atoms with E-state index in [9.17, 15) is 18.0 Å². The number of sulfonamides is 1. The molecule has 3 aromatic rings. The van der Waals surface area contributed by atoms with Gasteiger partial charge in [0.1, 0.15) is 5.82 Å². The van der Waals surface area contributed by atoms with Crippen LogP contribution in [0.15, 0.2) is 58.5 Å². The third-order valence-electron chi connectivity index (χ3n) is 6.14. The molecular weight excluding hydrogens is 494 g/mol. The Balaban J connectivity index is 1.75. The van der Waals surface area contributed by atoms with E-state index in [-0.39, 0.29) is 17.2 Å². The largest absolute Gasteiger partial charge is 0.475 e. The second-order valence-electron chi connectivity index (χ2n) is 10.1. The minimum Gasteiger partial charge on any atom is -0.475 e. The Bertz CT molecular complexity index is 1470. The van der Waals surface area contributed by atoms with Gasteiger partial charge in [0.25, 0.3) is 21.5 Å². The van der Waals surface area contributed by atoms with Gasteiger partial charge in [-0.25, -0.2) is 23.1 Å². The zero-order chi connectivity index (χ0) is 27.0. The fraction of sp³-hybridized carbons (Fsp3) is 0.385. The molecule has 2 N–H and O–H groups in total. The molecule has 3 aromatic heterocycles. The van der Waals surface area contributed by atoms with Crippen LogP contribution in [0.2, 0.25) is 0 Å². The van der Waals surface area contributed by atoms with Crippen molar-refractivity contribution in [3.05, 3.63) is 64.7 Å². The number of amides is 1. The summed E-state index contributed by atoms with van der Waals surface area (Å²) in [5.41, 5.74) is 0.256. The maximum Gasteiger partial charge on any atom is 0.269 e. The lowest BCUT2D eigenvalue weighted by molar-refractivity contribution is 0.0981. The monoisotopic (exact) mass is 525 g/mol. The smallest absolute Gasteiger partial charge is 0.269 e. The molecule has 0 aromatic carbocycles. The average Bonchev–Trinajstić information content (AvgIpc) is 3.10. The molecule has 0 aliphatic carbocycles. The highest BCUT2D eigenvalue weighted by Gasteiger charge is 2.39. The molecule has 11 heteroatoms. The number of pyridine rings is 3. The van der Waals surface area contributed by atoms with Crippen LogP contribution in [0.4, 0.5) is 5.82 Å². The van der Waals surface area contributed by atoms with E-state index in [0.29, 0.717) is 29.9 Å². The molecule has 37 heavy (non-hydrogen) atoms. The van der Waals surface area contributed by atoms with Crippen LogP contribution in [0, 0.1) is 5.92 Å². The van der Waals surface area contributed by atoms with Crippen LogP contribution in [-0.2, 0) is 10.0 Å². The zero-order valence-corrected chi connectivity index (χ0v) is 22.3. The highest BCUT2D eigenvalue weighted by atomic mass is 32.2. The fourth-order valence-electron chi connectivity index (χ4n) is 4.64. The average molecular weight is 526 g/mol. The topological polar surface area (TPSA) is 134 Å². The Morgan fingerprint density at radius 3 is 2.57 bits per heavy atom. The summed E-state index contributed by atoms with van der Waals surface area (Å²) in [6.45, 7) is 10.7. The summed E-state index contributed by atoms with van der Waals surface area (Å²) in [5, 5.41) is 0. The number of aromatic nitrogens is 3. The van der Waals surface area contributed by atoms with Gasteiger partial charge < -0.3 is 14.6 Å². The summed E-state index contributed by atoms with van der Waals surface area (Å²) in [6.07, 6.45) is 3.83. The molecule has 1 aliphatic rings. The highest BCUT2D eigenvalue weighted by molar-refractivity contribution is 7.90. The van der Waals surface area contributed by atoms with Crippen molar-refractivity contribution >= 4 is 21.7 Å². The minimum absolute atomic E-state index is 0.0111. The van der Waals surface area contributed by atoms with Crippen molar-refractivity contribution in [2.24, 2.45) is 5.92 Å². The Morgan fingerprint density at radius 2 is 1.97 bits per heavy atom. The summed E-state index contributed by atoms with van der Waals surface area (Å²) < 4.78 is 33.3. The van der Waals surface area contributed by atoms with Crippen molar-refractivity contribution < 1.29 is 17.9 Å². The van der Waals surface area contributed by atoms with Gasteiger partial charge in [0, 0.05) is 36.1 Å². The molecule has 10 nitrogen and oxygen atoms in total. The van der Waals surface area contributed by atoms with Gasteiger partial charge in [0.2, 0.25) is 5.88 Å². The van der Waals surface area contributed by atoms with Crippen LogP contribution in [0.3, 0.4) is 0 Å². The van der Waals surface area contributed by atoms with Crippen LogP contribution < -0.4 is 19.9 Å². The molecule has 196 valence electrons. The van der Waals surface area contributed by atoms with Gasteiger partial charge >= 0.3 is 0 Å². The van der Waals surface area contributed by atoms with Crippen molar-refractivity contribution in [2.75, 3.05) is 11.4 Å².